The van der Waals surface area contributed by atoms with Crippen LogP contribution in [0, 0.1) is 0 Å². The highest BCUT2D eigenvalue weighted by atomic mass is 19.4. The number of aliphatic carboxylic acids is 1. The number of carboxylic acids is 1. The Labute approximate surface area is 289 Å². The monoisotopic (exact) mass is 753 g/mol. The second-order valence-corrected chi connectivity index (χ2v) is 11.7. The number of rotatable bonds is 12. The minimum Gasteiger partial charge on any atom is -0.488 e. The summed E-state index contributed by atoms with van der Waals surface area (Å²) >= 11 is 0. The number of nitrogens with two attached hydrogens (primary N) is 1. The number of amides is 1. The van der Waals surface area contributed by atoms with Gasteiger partial charge in [-0.2, -0.15) is 39.5 Å². The van der Waals surface area contributed by atoms with Crippen LogP contribution in [0.1, 0.15) is 78.1 Å². The van der Waals surface area contributed by atoms with Crippen molar-refractivity contribution in [1.29, 1.82) is 0 Å². The Morgan fingerprint density at radius 3 is 2.17 bits per heavy atom. The Balaban J connectivity index is 1.87. The van der Waals surface area contributed by atoms with Crippen molar-refractivity contribution in [3.05, 3.63) is 76.1 Å². The molecular weight excluding hydrogens is 721 g/mol. The van der Waals surface area contributed by atoms with Gasteiger partial charge in [0.15, 0.2) is 5.75 Å². The summed E-state index contributed by atoms with van der Waals surface area (Å²) in [4.78, 5) is 37.5. The van der Waals surface area contributed by atoms with Gasteiger partial charge in [0.1, 0.15) is 23.8 Å². The van der Waals surface area contributed by atoms with E-state index in [9.17, 15) is 49.1 Å². The molecule has 0 fully saturated rings. The maximum Gasteiger partial charge on any atom is 0.433 e. The van der Waals surface area contributed by atoms with Crippen molar-refractivity contribution in [2.45, 2.75) is 69.1 Å². The van der Waals surface area contributed by atoms with Crippen molar-refractivity contribution in [2.24, 2.45) is 5.73 Å². The molecule has 3 N–H and O–H groups in total. The lowest BCUT2D eigenvalue weighted by Gasteiger charge is -2.46. The Kier molecular flexibility index (Phi) is 11.9. The molecule has 1 aliphatic heterocycles. The van der Waals surface area contributed by atoms with Crippen LogP contribution in [0.15, 0.2) is 36.5 Å². The van der Waals surface area contributed by atoms with Crippen molar-refractivity contribution in [2.75, 3.05) is 31.8 Å². The fourth-order valence-corrected chi connectivity index (χ4v) is 5.48. The van der Waals surface area contributed by atoms with Crippen LogP contribution in [-0.2, 0) is 39.2 Å². The van der Waals surface area contributed by atoms with Gasteiger partial charge in [-0.3, -0.25) is 9.69 Å². The van der Waals surface area contributed by atoms with E-state index in [0.29, 0.717) is 18.2 Å². The number of carbonyl (C=O) groups excluding carboxylic acids is 1. The zero-order chi connectivity index (χ0) is 38.6. The average Bonchev–Trinajstić information content (AvgIpc) is 3.05. The molecule has 52 heavy (non-hydrogen) atoms. The van der Waals surface area contributed by atoms with Crippen LogP contribution in [0.4, 0.5) is 50.0 Å². The van der Waals surface area contributed by atoms with Crippen LogP contribution in [0.3, 0.4) is 0 Å². The van der Waals surface area contributed by atoms with E-state index in [0.717, 1.165) is 17.2 Å². The Hall–Kier alpha value is -4.72. The summed E-state index contributed by atoms with van der Waals surface area (Å²) < 4.78 is 139. The molecule has 1 amide bonds. The summed E-state index contributed by atoms with van der Waals surface area (Å²) in [6.45, 7) is 1.07. The maximum atomic E-state index is 13.9. The molecule has 2 aromatic heterocycles. The second kappa shape index (κ2) is 15.5. The average molecular weight is 754 g/mol. The van der Waals surface area contributed by atoms with Crippen molar-refractivity contribution in [3.8, 4) is 5.75 Å². The molecule has 1 aliphatic rings. The van der Waals surface area contributed by atoms with Crippen LogP contribution < -0.4 is 15.4 Å². The van der Waals surface area contributed by atoms with Crippen LogP contribution in [0.25, 0.3) is 0 Å². The van der Waals surface area contributed by atoms with Gasteiger partial charge in [-0.25, -0.2) is 19.7 Å². The standard InChI is InChI=1S/C32H32F9N5O6/c1-3-29(42)15-20(26-22(6-7-24(45-26)32(39,40)41)46(29)28(49)52-8-4-5-25(47)48)27-43-16-23(51-10-9-50-2)21(44-27)13-17-11-18(30(33,34)35)14-19(12-17)31(36,37)38/h6-7,11-12,14,16,20H,3-5,8-10,13,15,42H2,1-2H3,(H,47,48)/t20-,29+/m0/s1. The van der Waals surface area contributed by atoms with E-state index < -0.39 is 71.0 Å². The smallest absolute Gasteiger partial charge is 0.433 e. The van der Waals surface area contributed by atoms with Crippen molar-refractivity contribution in [3.63, 3.8) is 0 Å². The topological polar surface area (TPSA) is 150 Å². The molecule has 0 aliphatic carbocycles. The molecule has 0 unspecified atom stereocenters. The van der Waals surface area contributed by atoms with Gasteiger partial charge in [0.25, 0.3) is 0 Å². The third-order valence-electron chi connectivity index (χ3n) is 8.05. The highest BCUT2D eigenvalue weighted by molar-refractivity contribution is 5.91. The normalized spacial score (nSPS) is 17.8. The number of carbonyl (C=O) groups is 2. The highest BCUT2D eigenvalue weighted by Crippen LogP contribution is 2.46. The molecule has 3 aromatic rings. The SMILES string of the molecule is CC[C@]1(N)C[C@H](c2ncc(OCCOC)c(Cc3cc(C(F)(F)F)cc(C(F)(F)F)c3)n2)c2nc(C(F)(F)F)ccc2N1C(=O)OCCCC(=O)O. The number of nitrogens with zero attached hydrogens (tertiary/aromatic N) is 4. The van der Waals surface area contributed by atoms with E-state index in [-0.39, 0.29) is 80.2 Å². The number of ether oxygens (including phenoxy) is 3. The predicted octanol–water partition coefficient (Wildman–Crippen LogP) is 6.95. The van der Waals surface area contributed by atoms with E-state index in [1.54, 1.807) is 6.92 Å². The first-order chi connectivity index (χ1) is 24.2. The molecule has 1 aromatic carbocycles. The predicted molar refractivity (Wildman–Crippen MR) is 162 cm³/mol. The Morgan fingerprint density at radius 2 is 1.62 bits per heavy atom. The van der Waals surface area contributed by atoms with Gasteiger partial charge < -0.3 is 25.1 Å². The Morgan fingerprint density at radius 1 is 0.962 bits per heavy atom. The van der Waals surface area contributed by atoms with Gasteiger partial charge in [0.05, 0.1) is 53.5 Å². The van der Waals surface area contributed by atoms with Gasteiger partial charge in [0.2, 0.25) is 0 Å². The van der Waals surface area contributed by atoms with Crippen LogP contribution in [-0.4, -0.2) is 64.7 Å². The zero-order valence-electron chi connectivity index (χ0n) is 27.5. The first-order valence-electron chi connectivity index (χ1n) is 15.5. The quantitative estimate of drug-likeness (QED) is 0.147. The number of methoxy groups -OCH3 is 1. The first kappa shape index (κ1) is 40.1. The lowest BCUT2D eigenvalue weighted by molar-refractivity contribution is -0.143. The molecule has 284 valence electrons. The molecule has 2 atom stereocenters. The molecular formula is C32H32F9N5O6. The third-order valence-corrected chi connectivity index (χ3v) is 8.05. The number of anilines is 1. The third kappa shape index (κ3) is 9.38. The molecule has 3 heterocycles. The fraction of sp³-hybridized carbons (Fsp3) is 0.469. The molecule has 0 spiro atoms. The van der Waals surface area contributed by atoms with E-state index in [1.807, 2.05) is 0 Å². The molecule has 0 saturated heterocycles. The Bertz CT molecular complexity index is 1740. The van der Waals surface area contributed by atoms with Crippen molar-refractivity contribution >= 4 is 17.7 Å². The van der Waals surface area contributed by atoms with Crippen molar-refractivity contribution in [1.82, 2.24) is 15.0 Å². The molecule has 11 nitrogen and oxygen atoms in total. The van der Waals surface area contributed by atoms with Crippen LogP contribution in [0.5, 0.6) is 5.75 Å². The summed E-state index contributed by atoms with van der Waals surface area (Å²) in [5, 5.41) is 8.88. The number of alkyl halides is 9. The second-order valence-electron chi connectivity index (χ2n) is 11.7. The molecule has 0 bridgehead atoms. The lowest BCUT2D eigenvalue weighted by Crippen LogP contribution is -2.62. The van der Waals surface area contributed by atoms with Gasteiger partial charge in [0, 0.05) is 20.0 Å². The zero-order valence-corrected chi connectivity index (χ0v) is 27.5. The molecule has 0 saturated carbocycles. The highest BCUT2D eigenvalue weighted by Gasteiger charge is 2.48. The number of pyridine rings is 1. The van der Waals surface area contributed by atoms with Crippen LogP contribution >= 0.6 is 0 Å². The molecule has 20 heteroatoms. The van der Waals surface area contributed by atoms with Gasteiger partial charge >= 0.3 is 30.6 Å². The fourth-order valence-electron chi connectivity index (χ4n) is 5.48. The number of carboxylic acid groups (broad SMARTS) is 1. The molecule has 0 radical (unpaired) electrons. The minimum absolute atomic E-state index is 0.0115. The summed E-state index contributed by atoms with van der Waals surface area (Å²) in [5.41, 5.74) is -0.834. The number of fused-ring (bicyclic) bond motifs is 1. The number of halogens is 9. The first-order valence-corrected chi connectivity index (χ1v) is 15.5. The maximum absolute atomic E-state index is 13.9. The van der Waals surface area contributed by atoms with Crippen LogP contribution in [0.2, 0.25) is 0 Å². The van der Waals surface area contributed by atoms with E-state index in [1.165, 1.54) is 7.11 Å². The van der Waals surface area contributed by atoms with E-state index in [2.05, 4.69) is 15.0 Å². The molecule has 4 rings (SSSR count). The minimum atomic E-state index is -5.15. The van der Waals surface area contributed by atoms with Crippen molar-refractivity contribution < 1.29 is 68.4 Å². The summed E-state index contributed by atoms with van der Waals surface area (Å²) in [6, 6.07) is 2.52. The number of hydrogen-bond donors (Lipinski definition) is 2. The summed E-state index contributed by atoms with van der Waals surface area (Å²) in [7, 11) is 1.34. The van der Waals surface area contributed by atoms with E-state index in [4.69, 9.17) is 25.1 Å². The number of benzene rings is 1. The van der Waals surface area contributed by atoms with Gasteiger partial charge in [-0.15, -0.1) is 0 Å². The van der Waals surface area contributed by atoms with Gasteiger partial charge in [-0.05, 0) is 55.2 Å². The lowest BCUT2D eigenvalue weighted by atomic mass is 9.83. The summed E-state index contributed by atoms with van der Waals surface area (Å²) in [6.07, 6.45) is -16.8. The van der Waals surface area contributed by atoms with E-state index >= 15 is 0 Å². The number of hydrogen-bond acceptors (Lipinski definition) is 9. The largest absolute Gasteiger partial charge is 0.488 e. The number of aromatic nitrogens is 3. The van der Waals surface area contributed by atoms with Gasteiger partial charge in [-0.1, -0.05) is 6.92 Å². The summed E-state index contributed by atoms with van der Waals surface area (Å²) in [5.74, 6) is -2.91.